The van der Waals surface area contributed by atoms with E-state index in [0.29, 0.717) is 6.54 Å². The van der Waals surface area contributed by atoms with Gasteiger partial charge in [0.2, 0.25) is 0 Å². The molecule has 1 heterocycles. The molecule has 14 heavy (non-hydrogen) atoms. The Bertz CT molecular complexity index is 295. The Morgan fingerprint density at radius 2 is 2.29 bits per heavy atom. The first-order chi connectivity index (χ1) is 6.70. The average molecular weight is 217 g/mol. The zero-order valence-corrected chi connectivity index (χ0v) is 9.43. The summed E-state index contributed by atoms with van der Waals surface area (Å²) in [6.07, 6.45) is 0.865. The number of aromatic nitrogens is 2. The second-order valence-corrected chi connectivity index (χ2v) is 3.53. The molecule has 0 spiro atoms. The molecule has 0 aliphatic heterocycles. The predicted molar refractivity (Wildman–Crippen MR) is 58.4 cm³/mol. The molecule has 0 saturated carbocycles. The van der Waals surface area contributed by atoms with Gasteiger partial charge in [0.15, 0.2) is 0 Å². The highest BCUT2D eigenvalue weighted by molar-refractivity contribution is 6.31. The topological polar surface area (TPSA) is 55.9 Å². The highest BCUT2D eigenvalue weighted by atomic mass is 35.5. The first-order valence-corrected chi connectivity index (χ1v) is 5.19. The van der Waals surface area contributed by atoms with Crippen molar-refractivity contribution >= 4 is 11.6 Å². The summed E-state index contributed by atoms with van der Waals surface area (Å²) < 4.78 is 1.82. The van der Waals surface area contributed by atoms with Crippen LogP contribution in [0, 0.1) is 0 Å². The van der Waals surface area contributed by atoms with Gasteiger partial charge in [-0.05, 0) is 6.42 Å². The van der Waals surface area contributed by atoms with E-state index in [4.69, 9.17) is 17.3 Å². The summed E-state index contributed by atoms with van der Waals surface area (Å²) in [5.41, 5.74) is 7.36. The smallest absolute Gasteiger partial charge is 0.0863 e. The molecule has 0 atom stereocenters. The van der Waals surface area contributed by atoms with Crippen LogP contribution in [0.3, 0.4) is 0 Å². The molecule has 80 valence electrons. The Hall–Kier alpha value is -0.580. The van der Waals surface area contributed by atoms with Crippen LogP contribution in [0.25, 0.3) is 0 Å². The molecule has 5 heteroatoms. The molecule has 0 unspecified atom stereocenters. The van der Waals surface area contributed by atoms with E-state index < -0.39 is 0 Å². The fourth-order valence-electron chi connectivity index (χ4n) is 1.32. The number of nitrogens with zero attached hydrogens (tertiary/aromatic N) is 2. The minimum absolute atomic E-state index is 0.635. The summed E-state index contributed by atoms with van der Waals surface area (Å²) >= 11 is 6.15. The number of nitrogens with one attached hydrogen (secondary N) is 1. The Morgan fingerprint density at radius 3 is 2.79 bits per heavy atom. The predicted octanol–water partition coefficient (Wildman–Crippen LogP) is 0.684. The Kier molecular flexibility index (Phi) is 4.38. The third-order valence-corrected chi connectivity index (χ3v) is 2.55. The van der Waals surface area contributed by atoms with Crippen LogP contribution in [-0.4, -0.2) is 22.9 Å². The summed E-state index contributed by atoms with van der Waals surface area (Å²) in [6, 6.07) is 0. The van der Waals surface area contributed by atoms with Crippen molar-refractivity contribution in [2.75, 3.05) is 13.1 Å². The maximum absolute atomic E-state index is 6.15. The van der Waals surface area contributed by atoms with Gasteiger partial charge in [-0.1, -0.05) is 18.5 Å². The van der Waals surface area contributed by atoms with Crippen molar-refractivity contribution in [3.8, 4) is 0 Å². The van der Waals surface area contributed by atoms with E-state index in [0.717, 1.165) is 35.9 Å². The molecule has 1 aromatic rings. The van der Waals surface area contributed by atoms with Gasteiger partial charge in [0, 0.05) is 26.7 Å². The largest absolute Gasteiger partial charge is 0.329 e. The van der Waals surface area contributed by atoms with Gasteiger partial charge in [-0.15, -0.1) is 0 Å². The first-order valence-electron chi connectivity index (χ1n) is 4.81. The lowest BCUT2D eigenvalue weighted by atomic mass is 10.3. The average Bonchev–Trinajstić information content (AvgIpc) is 2.45. The molecule has 0 bridgehead atoms. The van der Waals surface area contributed by atoms with Crippen molar-refractivity contribution in [1.29, 1.82) is 0 Å². The molecule has 0 aromatic carbocycles. The highest BCUT2D eigenvalue weighted by Crippen LogP contribution is 2.20. The molecule has 0 aliphatic carbocycles. The number of rotatable bonds is 5. The van der Waals surface area contributed by atoms with Crippen LogP contribution >= 0.6 is 11.6 Å². The normalized spacial score (nSPS) is 10.9. The standard InChI is InChI=1S/C9H17ClN4/c1-3-7-9(10)8(14(2)13-7)6-12-5-4-11/h12H,3-6,11H2,1-2H3. The lowest BCUT2D eigenvalue weighted by Crippen LogP contribution is -2.23. The minimum Gasteiger partial charge on any atom is -0.329 e. The number of nitrogens with two attached hydrogens (primary N) is 1. The van der Waals surface area contributed by atoms with Gasteiger partial charge in [0.25, 0.3) is 0 Å². The Morgan fingerprint density at radius 1 is 1.57 bits per heavy atom. The molecule has 0 aliphatic rings. The fraction of sp³-hybridized carbons (Fsp3) is 0.667. The zero-order valence-electron chi connectivity index (χ0n) is 8.68. The summed E-state index contributed by atoms with van der Waals surface area (Å²) in [4.78, 5) is 0. The number of aryl methyl sites for hydroxylation is 2. The number of hydrogen-bond donors (Lipinski definition) is 2. The lowest BCUT2D eigenvalue weighted by Gasteiger charge is -2.03. The van der Waals surface area contributed by atoms with Crippen LogP contribution in [0.5, 0.6) is 0 Å². The van der Waals surface area contributed by atoms with Crippen LogP contribution in [0.15, 0.2) is 0 Å². The Labute approximate surface area is 89.4 Å². The van der Waals surface area contributed by atoms with Gasteiger partial charge in [0.05, 0.1) is 16.4 Å². The van der Waals surface area contributed by atoms with Gasteiger partial charge in [-0.25, -0.2) is 0 Å². The SMILES string of the molecule is CCc1nn(C)c(CNCCN)c1Cl. The molecular formula is C9H17ClN4. The second-order valence-electron chi connectivity index (χ2n) is 3.15. The molecule has 1 aromatic heterocycles. The van der Waals surface area contributed by atoms with Crippen LogP contribution < -0.4 is 11.1 Å². The molecule has 1 rings (SSSR count). The van der Waals surface area contributed by atoms with Crippen molar-refractivity contribution in [2.45, 2.75) is 19.9 Å². The second kappa shape index (κ2) is 5.34. The number of hydrogen-bond acceptors (Lipinski definition) is 3. The molecule has 0 saturated heterocycles. The van der Waals surface area contributed by atoms with E-state index in [-0.39, 0.29) is 0 Å². The number of halogens is 1. The molecule has 4 nitrogen and oxygen atoms in total. The van der Waals surface area contributed by atoms with Gasteiger partial charge < -0.3 is 11.1 Å². The third kappa shape index (κ3) is 2.47. The van der Waals surface area contributed by atoms with Crippen LogP contribution in [0.4, 0.5) is 0 Å². The van der Waals surface area contributed by atoms with Crippen molar-refractivity contribution in [1.82, 2.24) is 15.1 Å². The van der Waals surface area contributed by atoms with Crippen molar-refractivity contribution in [3.05, 3.63) is 16.4 Å². The zero-order chi connectivity index (χ0) is 10.6. The summed E-state index contributed by atoms with van der Waals surface area (Å²) in [6.45, 7) is 4.20. The highest BCUT2D eigenvalue weighted by Gasteiger charge is 2.11. The van der Waals surface area contributed by atoms with Gasteiger partial charge in [-0.2, -0.15) is 5.10 Å². The summed E-state index contributed by atoms with van der Waals surface area (Å²) in [7, 11) is 1.91. The summed E-state index contributed by atoms with van der Waals surface area (Å²) in [5, 5.41) is 8.30. The van der Waals surface area contributed by atoms with Crippen LogP contribution in [-0.2, 0) is 20.0 Å². The van der Waals surface area contributed by atoms with E-state index in [1.165, 1.54) is 0 Å². The summed E-state index contributed by atoms with van der Waals surface area (Å²) in [5.74, 6) is 0. The molecule has 0 fully saturated rings. The van der Waals surface area contributed by atoms with Crippen molar-refractivity contribution in [3.63, 3.8) is 0 Å². The van der Waals surface area contributed by atoms with E-state index in [2.05, 4.69) is 10.4 Å². The Balaban J connectivity index is 2.70. The molecule has 0 radical (unpaired) electrons. The van der Waals surface area contributed by atoms with Crippen molar-refractivity contribution in [2.24, 2.45) is 12.8 Å². The van der Waals surface area contributed by atoms with Gasteiger partial charge >= 0.3 is 0 Å². The quantitative estimate of drug-likeness (QED) is 0.712. The first kappa shape index (κ1) is 11.5. The van der Waals surface area contributed by atoms with E-state index in [1.807, 2.05) is 18.7 Å². The van der Waals surface area contributed by atoms with Crippen LogP contribution in [0.2, 0.25) is 5.02 Å². The van der Waals surface area contributed by atoms with Crippen LogP contribution in [0.1, 0.15) is 18.3 Å². The van der Waals surface area contributed by atoms with E-state index >= 15 is 0 Å². The van der Waals surface area contributed by atoms with Gasteiger partial charge in [0.1, 0.15) is 0 Å². The monoisotopic (exact) mass is 216 g/mol. The maximum atomic E-state index is 6.15. The minimum atomic E-state index is 0.635. The maximum Gasteiger partial charge on any atom is 0.0863 e. The van der Waals surface area contributed by atoms with E-state index in [9.17, 15) is 0 Å². The fourth-order valence-corrected chi connectivity index (χ4v) is 1.68. The molecule has 0 amide bonds. The van der Waals surface area contributed by atoms with Gasteiger partial charge in [-0.3, -0.25) is 4.68 Å². The van der Waals surface area contributed by atoms with E-state index in [1.54, 1.807) is 0 Å². The lowest BCUT2D eigenvalue weighted by molar-refractivity contribution is 0.627. The van der Waals surface area contributed by atoms with Crippen molar-refractivity contribution < 1.29 is 0 Å². The molecular weight excluding hydrogens is 200 g/mol. The third-order valence-electron chi connectivity index (χ3n) is 2.12. The molecule has 3 N–H and O–H groups in total.